The molecule has 11 nitrogen and oxygen atoms in total. The molecular weight excluding hydrogens is 458 g/mol. The van der Waals surface area contributed by atoms with Crippen molar-refractivity contribution in [2.75, 3.05) is 6.61 Å². The van der Waals surface area contributed by atoms with Crippen molar-refractivity contribution >= 4 is 30.2 Å². The van der Waals surface area contributed by atoms with E-state index in [4.69, 9.17) is 10.8 Å². The standard InChI is InChI=1S/C21H33N3O8.ClH/c1-11(2)8-13(22)20(31)24-15(10-25)17(28)18(29)19(30)21(32)23-14(9-16(26)27)12-6-4-3-5-7-12;/h3-7,11,13-15,17-19,25,28-30H,8-10,22H2,1-2H3,(H,23,32)(H,24,31)(H,26,27);1H/t13-,14-,15-,17+,18+,19-;/m0./s1. The molecule has 9 N–H and O–H groups in total. The number of aliphatic hydroxyl groups is 4. The van der Waals surface area contributed by atoms with E-state index in [1.165, 1.54) is 0 Å². The molecule has 0 unspecified atom stereocenters. The van der Waals surface area contributed by atoms with E-state index in [1.807, 2.05) is 13.8 Å². The van der Waals surface area contributed by atoms with E-state index >= 15 is 0 Å². The zero-order valence-corrected chi connectivity index (χ0v) is 19.3. The molecule has 0 bridgehead atoms. The van der Waals surface area contributed by atoms with Gasteiger partial charge in [-0.2, -0.15) is 0 Å². The number of rotatable bonds is 13. The first-order chi connectivity index (χ1) is 15.0. The van der Waals surface area contributed by atoms with Crippen LogP contribution in [0, 0.1) is 5.92 Å². The number of nitrogens with one attached hydrogen (secondary N) is 2. The van der Waals surface area contributed by atoms with E-state index in [0.29, 0.717) is 12.0 Å². The van der Waals surface area contributed by atoms with Gasteiger partial charge in [0.05, 0.1) is 31.2 Å². The largest absolute Gasteiger partial charge is 0.481 e. The molecule has 6 atom stereocenters. The molecule has 0 aliphatic rings. The third kappa shape index (κ3) is 10.0. The van der Waals surface area contributed by atoms with Gasteiger partial charge in [-0.25, -0.2) is 0 Å². The molecule has 0 fully saturated rings. The first-order valence-electron chi connectivity index (χ1n) is 10.3. The van der Waals surface area contributed by atoms with E-state index in [9.17, 15) is 34.8 Å². The number of hydrogen-bond acceptors (Lipinski definition) is 8. The minimum Gasteiger partial charge on any atom is -0.481 e. The first-order valence-corrected chi connectivity index (χ1v) is 10.3. The summed E-state index contributed by atoms with van der Waals surface area (Å²) in [5, 5.41) is 54.0. The molecule has 0 radical (unpaired) electrons. The van der Waals surface area contributed by atoms with Crippen LogP contribution in [0.4, 0.5) is 0 Å². The number of amides is 2. The van der Waals surface area contributed by atoms with Crippen LogP contribution in [0.15, 0.2) is 30.3 Å². The molecule has 0 aliphatic carbocycles. The number of benzene rings is 1. The lowest BCUT2D eigenvalue weighted by molar-refractivity contribution is -0.145. The quantitative estimate of drug-likeness (QED) is 0.164. The van der Waals surface area contributed by atoms with E-state index in [2.05, 4.69) is 10.6 Å². The average Bonchev–Trinajstić information content (AvgIpc) is 2.74. The summed E-state index contributed by atoms with van der Waals surface area (Å²) in [6, 6.07) is 4.85. The molecule has 33 heavy (non-hydrogen) atoms. The second-order valence-electron chi connectivity index (χ2n) is 8.03. The highest BCUT2D eigenvalue weighted by molar-refractivity contribution is 5.85. The summed E-state index contributed by atoms with van der Waals surface area (Å²) in [6.45, 7) is 2.92. The zero-order valence-electron chi connectivity index (χ0n) is 18.5. The van der Waals surface area contributed by atoms with Crippen LogP contribution in [0.1, 0.15) is 38.3 Å². The Labute approximate surface area is 198 Å². The van der Waals surface area contributed by atoms with Gasteiger partial charge >= 0.3 is 5.97 Å². The van der Waals surface area contributed by atoms with Gasteiger partial charge in [0.15, 0.2) is 6.10 Å². The van der Waals surface area contributed by atoms with Gasteiger partial charge in [0, 0.05) is 0 Å². The van der Waals surface area contributed by atoms with Crippen molar-refractivity contribution in [2.45, 2.75) is 63.1 Å². The number of aliphatic hydroxyl groups excluding tert-OH is 4. The predicted molar refractivity (Wildman–Crippen MR) is 121 cm³/mol. The van der Waals surface area contributed by atoms with Gasteiger partial charge in [-0.05, 0) is 17.9 Å². The summed E-state index contributed by atoms with van der Waals surface area (Å²) in [5.74, 6) is -2.89. The minimum atomic E-state index is -2.17. The summed E-state index contributed by atoms with van der Waals surface area (Å²) < 4.78 is 0. The zero-order chi connectivity index (χ0) is 24.4. The van der Waals surface area contributed by atoms with Crippen molar-refractivity contribution in [1.29, 1.82) is 0 Å². The fraction of sp³-hybridized carbons (Fsp3) is 0.571. The Morgan fingerprint density at radius 2 is 1.55 bits per heavy atom. The highest BCUT2D eigenvalue weighted by Crippen LogP contribution is 2.17. The Morgan fingerprint density at radius 1 is 0.970 bits per heavy atom. The third-order valence-electron chi connectivity index (χ3n) is 4.84. The van der Waals surface area contributed by atoms with Crippen LogP contribution in [-0.4, -0.2) is 80.3 Å². The van der Waals surface area contributed by atoms with Crippen LogP contribution in [0.2, 0.25) is 0 Å². The highest BCUT2D eigenvalue weighted by Gasteiger charge is 2.37. The fourth-order valence-electron chi connectivity index (χ4n) is 3.09. The SMILES string of the molecule is CC(C)C[C@H](N)C(=O)N[C@@H](CO)[C@@H](O)[C@@H](O)[C@H](O)C(=O)N[C@@H](CC(=O)O)c1ccccc1.Cl. The van der Waals surface area contributed by atoms with Crippen molar-refractivity contribution in [3.05, 3.63) is 35.9 Å². The normalized spacial score (nSPS) is 16.5. The molecular formula is C21H34ClN3O8. The molecule has 1 aromatic carbocycles. The first kappa shape index (κ1) is 30.7. The second kappa shape index (κ2) is 14.8. The van der Waals surface area contributed by atoms with E-state index in [-0.39, 0.29) is 18.3 Å². The van der Waals surface area contributed by atoms with Crippen molar-refractivity contribution in [3.8, 4) is 0 Å². The van der Waals surface area contributed by atoms with Crippen molar-refractivity contribution in [3.63, 3.8) is 0 Å². The van der Waals surface area contributed by atoms with Crippen LogP contribution < -0.4 is 16.4 Å². The molecule has 1 aromatic rings. The van der Waals surface area contributed by atoms with Crippen molar-refractivity contribution in [2.24, 2.45) is 11.7 Å². The monoisotopic (exact) mass is 491 g/mol. The molecule has 2 amide bonds. The van der Waals surface area contributed by atoms with Gasteiger partial charge in [-0.15, -0.1) is 12.4 Å². The average molecular weight is 492 g/mol. The topological polar surface area (TPSA) is 202 Å². The number of aliphatic carboxylic acids is 1. The van der Waals surface area contributed by atoms with Gasteiger partial charge in [-0.1, -0.05) is 44.2 Å². The van der Waals surface area contributed by atoms with Crippen LogP contribution in [0.5, 0.6) is 0 Å². The number of nitrogens with two attached hydrogens (primary N) is 1. The van der Waals surface area contributed by atoms with Crippen LogP contribution >= 0.6 is 12.4 Å². The number of carbonyl (C=O) groups excluding carboxylic acids is 2. The van der Waals surface area contributed by atoms with Gasteiger partial charge in [0.25, 0.3) is 5.91 Å². The van der Waals surface area contributed by atoms with Gasteiger partial charge < -0.3 is 41.9 Å². The smallest absolute Gasteiger partial charge is 0.305 e. The summed E-state index contributed by atoms with van der Waals surface area (Å²) in [6.07, 6.45) is -6.30. The molecule has 188 valence electrons. The summed E-state index contributed by atoms with van der Waals surface area (Å²) in [5.41, 5.74) is 6.22. The summed E-state index contributed by atoms with van der Waals surface area (Å²) in [7, 11) is 0. The number of hydrogen-bond donors (Lipinski definition) is 8. The Bertz CT molecular complexity index is 752. The van der Waals surface area contributed by atoms with Crippen LogP contribution in [-0.2, 0) is 14.4 Å². The van der Waals surface area contributed by atoms with Crippen LogP contribution in [0.25, 0.3) is 0 Å². The Morgan fingerprint density at radius 3 is 2.03 bits per heavy atom. The summed E-state index contributed by atoms with van der Waals surface area (Å²) in [4.78, 5) is 35.7. The van der Waals surface area contributed by atoms with Gasteiger partial charge in [0.2, 0.25) is 5.91 Å². The fourth-order valence-corrected chi connectivity index (χ4v) is 3.09. The molecule has 0 spiro atoms. The Kier molecular flexibility index (Phi) is 13.8. The lowest BCUT2D eigenvalue weighted by Crippen LogP contribution is -2.58. The van der Waals surface area contributed by atoms with Gasteiger partial charge in [0.1, 0.15) is 12.2 Å². The molecule has 1 rings (SSSR count). The maximum Gasteiger partial charge on any atom is 0.305 e. The summed E-state index contributed by atoms with van der Waals surface area (Å²) >= 11 is 0. The predicted octanol–water partition coefficient (Wildman–Crippen LogP) is -1.33. The van der Waals surface area contributed by atoms with Crippen LogP contribution in [0.3, 0.4) is 0 Å². The van der Waals surface area contributed by atoms with Gasteiger partial charge in [-0.3, -0.25) is 14.4 Å². The molecule has 0 heterocycles. The van der Waals surface area contributed by atoms with E-state index in [0.717, 1.165) is 0 Å². The molecule has 0 saturated heterocycles. The lowest BCUT2D eigenvalue weighted by atomic mass is 9.98. The number of carboxylic acids is 1. The molecule has 0 aromatic heterocycles. The maximum atomic E-state index is 12.4. The van der Waals surface area contributed by atoms with E-state index in [1.54, 1.807) is 30.3 Å². The number of carboxylic acid groups (broad SMARTS) is 1. The van der Waals surface area contributed by atoms with Crippen molar-refractivity contribution in [1.82, 2.24) is 10.6 Å². The molecule has 12 heteroatoms. The third-order valence-corrected chi connectivity index (χ3v) is 4.84. The Hall–Kier alpha value is -2.28. The molecule has 0 aliphatic heterocycles. The molecule has 0 saturated carbocycles. The number of carbonyl (C=O) groups is 3. The highest BCUT2D eigenvalue weighted by atomic mass is 35.5. The number of halogens is 1. The second-order valence-corrected chi connectivity index (χ2v) is 8.03. The van der Waals surface area contributed by atoms with E-state index < -0.39 is 67.2 Å². The minimum absolute atomic E-state index is 0. The lowest BCUT2D eigenvalue weighted by Gasteiger charge is -2.30. The maximum absolute atomic E-state index is 12.4. The Balaban J connectivity index is 0.0000102. The van der Waals surface area contributed by atoms with Crippen molar-refractivity contribution < 1.29 is 39.9 Å².